The van der Waals surface area contributed by atoms with Gasteiger partial charge in [0.2, 0.25) is 6.79 Å². The molecule has 4 rings (SSSR count). The molecule has 0 saturated carbocycles. The maximum absolute atomic E-state index is 13.7. The second-order valence-electron chi connectivity index (χ2n) is 6.30. The van der Waals surface area contributed by atoms with Crippen molar-refractivity contribution < 1.29 is 28.2 Å². The van der Waals surface area contributed by atoms with Crippen LogP contribution in [0, 0.1) is 5.82 Å². The number of ether oxygens (including phenoxy) is 3. The number of esters is 1. The van der Waals surface area contributed by atoms with Crippen LogP contribution < -0.4 is 19.7 Å². The van der Waals surface area contributed by atoms with Crippen LogP contribution in [0.25, 0.3) is 0 Å². The molecule has 0 fully saturated rings. The number of nitrogens with one attached hydrogen (secondary N) is 1. The Labute approximate surface area is 160 Å². The van der Waals surface area contributed by atoms with Crippen molar-refractivity contribution in [3.05, 3.63) is 65.1 Å². The van der Waals surface area contributed by atoms with Gasteiger partial charge < -0.3 is 19.5 Å². The first-order chi connectivity index (χ1) is 13.5. The predicted molar refractivity (Wildman–Crippen MR) is 97.4 cm³/mol. The molecule has 0 aliphatic carbocycles. The topological polar surface area (TPSA) is 77.1 Å². The van der Waals surface area contributed by atoms with Crippen molar-refractivity contribution in [1.82, 2.24) is 5.32 Å². The van der Waals surface area contributed by atoms with Gasteiger partial charge in [0.1, 0.15) is 5.82 Å². The van der Waals surface area contributed by atoms with Gasteiger partial charge in [-0.2, -0.15) is 0 Å². The van der Waals surface area contributed by atoms with Gasteiger partial charge in [0.15, 0.2) is 11.5 Å². The molecule has 0 spiro atoms. The second kappa shape index (κ2) is 6.88. The summed E-state index contributed by atoms with van der Waals surface area (Å²) in [4.78, 5) is 26.8. The summed E-state index contributed by atoms with van der Waals surface area (Å²) in [5, 5.41) is 2.76. The van der Waals surface area contributed by atoms with Gasteiger partial charge in [-0.25, -0.2) is 14.0 Å². The number of carbonyl (C=O) groups excluding carboxylic acids is 2. The van der Waals surface area contributed by atoms with E-state index in [0.29, 0.717) is 28.4 Å². The van der Waals surface area contributed by atoms with E-state index in [0.717, 1.165) is 0 Å². The van der Waals surface area contributed by atoms with Crippen LogP contribution in [0.3, 0.4) is 0 Å². The maximum atomic E-state index is 13.7. The van der Waals surface area contributed by atoms with Crippen LogP contribution in [0.5, 0.6) is 11.5 Å². The molecule has 7 nitrogen and oxygen atoms in total. The standard InChI is InChI=1S/C20H17FN2O5/c1-11-17(19(24)26-2)18(12-4-3-5-13(21)8-12)22-20(25)23(11)14-6-7-15-16(9-14)28-10-27-15/h3-9,18H,10H2,1-2H3,(H,22,25)/t18-/m1/s1. The minimum atomic E-state index is -0.832. The van der Waals surface area contributed by atoms with Crippen LogP contribution in [-0.2, 0) is 9.53 Å². The van der Waals surface area contributed by atoms with E-state index < -0.39 is 23.9 Å². The fraction of sp³-hybridized carbons (Fsp3) is 0.200. The van der Waals surface area contributed by atoms with E-state index in [9.17, 15) is 14.0 Å². The molecule has 0 radical (unpaired) electrons. The quantitative estimate of drug-likeness (QED) is 0.822. The van der Waals surface area contributed by atoms with Crippen LogP contribution >= 0.6 is 0 Å². The first-order valence-electron chi connectivity index (χ1n) is 8.54. The van der Waals surface area contributed by atoms with Gasteiger partial charge in [-0.05, 0) is 36.8 Å². The average molecular weight is 384 g/mol. The lowest BCUT2D eigenvalue weighted by atomic mass is 9.94. The zero-order valence-corrected chi connectivity index (χ0v) is 15.2. The van der Waals surface area contributed by atoms with Gasteiger partial charge in [0.05, 0.1) is 24.4 Å². The van der Waals surface area contributed by atoms with E-state index in [4.69, 9.17) is 14.2 Å². The van der Waals surface area contributed by atoms with Crippen molar-refractivity contribution in [2.24, 2.45) is 0 Å². The van der Waals surface area contributed by atoms with E-state index in [1.165, 1.54) is 30.2 Å². The van der Waals surface area contributed by atoms with Crippen molar-refractivity contribution in [2.45, 2.75) is 13.0 Å². The highest BCUT2D eigenvalue weighted by molar-refractivity contribution is 6.03. The van der Waals surface area contributed by atoms with Crippen molar-refractivity contribution >= 4 is 17.7 Å². The number of anilines is 1. The molecule has 2 aliphatic rings. The minimum Gasteiger partial charge on any atom is -0.466 e. The third kappa shape index (κ3) is 2.92. The van der Waals surface area contributed by atoms with Gasteiger partial charge in [-0.15, -0.1) is 0 Å². The molecule has 2 heterocycles. The Morgan fingerprint density at radius 3 is 2.75 bits per heavy atom. The van der Waals surface area contributed by atoms with Crippen molar-refractivity contribution in [1.29, 1.82) is 0 Å². The molecular weight excluding hydrogens is 367 g/mol. The number of carbonyl (C=O) groups is 2. The zero-order valence-electron chi connectivity index (χ0n) is 15.2. The second-order valence-corrected chi connectivity index (χ2v) is 6.30. The van der Waals surface area contributed by atoms with Crippen LogP contribution in [0.2, 0.25) is 0 Å². The van der Waals surface area contributed by atoms with E-state index in [1.54, 1.807) is 31.2 Å². The largest absolute Gasteiger partial charge is 0.466 e. The summed E-state index contributed by atoms with van der Waals surface area (Å²) >= 11 is 0. The Bertz CT molecular complexity index is 1000. The summed E-state index contributed by atoms with van der Waals surface area (Å²) < 4.78 is 29.3. The molecule has 0 unspecified atom stereocenters. The number of amides is 2. The molecule has 2 aromatic carbocycles. The van der Waals surface area contributed by atoms with E-state index in [-0.39, 0.29) is 12.4 Å². The Hall–Kier alpha value is -3.55. The summed E-state index contributed by atoms with van der Waals surface area (Å²) in [6.07, 6.45) is 0. The Balaban J connectivity index is 1.82. The lowest BCUT2D eigenvalue weighted by Crippen LogP contribution is -2.48. The molecule has 1 atom stereocenters. The number of fused-ring (bicyclic) bond motifs is 1. The molecular formula is C20H17FN2O5. The van der Waals surface area contributed by atoms with E-state index in [2.05, 4.69) is 5.32 Å². The fourth-order valence-corrected chi connectivity index (χ4v) is 3.39. The molecule has 2 aromatic rings. The molecule has 2 aliphatic heterocycles. The zero-order chi connectivity index (χ0) is 19.8. The first kappa shape index (κ1) is 17.8. The number of allylic oxidation sites excluding steroid dienone is 1. The Kier molecular flexibility index (Phi) is 4.38. The number of methoxy groups -OCH3 is 1. The molecule has 0 saturated heterocycles. The highest BCUT2D eigenvalue weighted by Gasteiger charge is 2.37. The minimum absolute atomic E-state index is 0.106. The fourth-order valence-electron chi connectivity index (χ4n) is 3.39. The number of nitrogens with zero attached hydrogens (tertiary/aromatic N) is 1. The molecule has 1 N–H and O–H groups in total. The summed E-state index contributed by atoms with van der Waals surface area (Å²) in [6, 6.07) is 9.47. The summed E-state index contributed by atoms with van der Waals surface area (Å²) in [6.45, 7) is 1.75. The van der Waals surface area contributed by atoms with Crippen LogP contribution in [0.15, 0.2) is 53.7 Å². The Morgan fingerprint density at radius 2 is 2.00 bits per heavy atom. The molecule has 144 valence electrons. The summed E-state index contributed by atoms with van der Waals surface area (Å²) in [5.41, 5.74) is 1.53. The number of halogens is 1. The van der Waals surface area contributed by atoms with Gasteiger partial charge in [0.25, 0.3) is 0 Å². The van der Waals surface area contributed by atoms with Crippen molar-refractivity contribution in [3.63, 3.8) is 0 Å². The van der Waals surface area contributed by atoms with Crippen LogP contribution in [0.1, 0.15) is 18.5 Å². The maximum Gasteiger partial charge on any atom is 0.337 e. The number of benzene rings is 2. The normalized spacial score (nSPS) is 18.2. The van der Waals surface area contributed by atoms with Crippen molar-refractivity contribution in [2.75, 3.05) is 18.8 Å². The van der Waals surface area contributed by atoms with E-state index >= 15 is 0 Å². The molecule has 28 heavy (non-hydrogen) atoms. The number of hydrogen-bond acceptors (Lipinski definition) is 5. The molecule has 8 heteroatoms. The predicted octanol–water partition coefficient (Wildman–Crippen LogP) is 3.27. The monoisotopic (exact) mass is 384 g/mol. The SMILES string of the molecule is COC(=O)C1=C(C)N(c2ccc3c(c2)OCO3)C(=O)N[C@@H]1c1cccc(F)c1. The smallest absolute Gasteiger partial charge is 0.337 e. The molecule has 0 aromatic heterocycles. The summed E-state index contributed by atoms with van der Waals surface area (Å²) in [7, 11) is 1.26. The van der Waals surface area contributed by atoms with Crippen LogP contribution in [0.4, 0.5) is 14.9 Å². The number of rotatable bonds is 3. The lowest BCUT2D eigenvalue weighted by molar-refractivity contribution is -0.136. The third-order valence-electron chi connectivity index (χ3n) is 4.69. The highest BCUT2D eigenvalue weighted by atomic mass is 19.1. The third-order valence-corrected chi connectivity index (χ3v) is 4.69. The van der Waals surface area contributed by atoms with Crippen molar-refractivity contribution in [3.8, 4) is 11.5 Å². The number of hydrogen-bond donors (Lipinski definition) is 1. The first-order valence-corrected chi connectivity index (χ1v) is 8.54. The summed E-state index contributed by atoms with van der Waals surface area (Å²) in [5.74, 6) is 0.00271. The molecule has 2 amide bonds. The molecule has 0 bridgehead atoms. The van der Waals surface area contributed by atoms with Gasteiger partial charge >= 0.3 is 12.0 Å². The lowest BCUT2D eigenvalue weighted by Gasteiger charge is -2.35. The number of urea groups is 1. The van der Waals surface area contributed by atoms with Gasteiger partial charge in [0, 0.05) is 11.8 Å². The average Bonchev–Trinajstić information content (AvgIpc) is 3.15. The highest BCUT2D eigenvalue weighted by Crippen LogP contribution is 2.39. The van der Waals surface area contributed by atoms with E-state index in [1.807, 2.05) is 0 Å². The van der Waals surface area contributed by atoms with Crippen LogP contribution in [-0.4, -0.2) is 25.9 Å². The Morgan fingerprint density at radius 1 is 1.21 bits per heavy atom. The van der Waals surface area contributed by atoms with Gasteiger partial charge in [-0.1, -0.05) is 12.1 Å². The van der Waals surface area contributed by atoms with Gasteiger partial charge in [-0.3, -0.25) is 4.90 Å².